The minimum Gasteiger partial charge on any atom is 1.00 e. The van der Waals surface area contributed by atoms with E-state index in [0.717, 1.165) is 3.50 Å². The number of hydrogen-bond donors (Lipinski definition) is 0. The molecule has 0 aromatic carbocycles. The molecule has 0 aliphatic rings. The molecule has 0 N–H and O–H groups in total. The summed E-state index contributed by atoms with van der Waals surface area (Å²) in [6, 6.07) is 0. The van der Waals surface area contributed by atoms with Gasteiger partial charge in [-0.2, -0.15) is 0 Å². The third kappa shape index (κ3) is 10.6. The van der Waals surface area contributed by atoms with Crippen LogP contribution in [0.25, 0.3) is 0 Å². The van der Waals surface area contributed by atoms with Crippen molar-refractivity contribution in [3.05, 3.63) is 0 Å². The molecule has 4 heteroatoms. The van der Waals surface area contributed by atoms with Crippen LogP contribution in [0.4, 0.5) is 0 Å². The van der Waals surface area contributed by atoms with Crippen LogP contribution in [-0.2, 0) is 4.74 Å². The molecule has 1 nitrogen and oxygen atoms in total. The fraction of sp³-hybridized carbons (Fsp3) is 0.750. The Morgan fingerprint density at radius 1 is 1.62 bits per heavy atom. The standard InChI is InChI=1S/C4H8OSe2.Na/c1-3(2)5-4(6)7;/h3H,1-2H3,(H,6,7);/q;+1/p-1. The van der Waals surface area contributed by atoms with Crippen molar-refractivity contribution in [2.75, 3.05) is 0 Å². The molecule has 0 radical (unpaired) electrons. The minimum atomic E-state index is 0. The molecule has 0 aliphatic carbocycles. The van der Waals surface area contributed by atoms with E-state index in [2.05, 4.69) is 31.6 Å². The Morgan fingerprint density at radius 2 is 2.00 bits per heavy atom. The Labute approximate surface area is 88.4 Å². The first-order valence-electron chi connectivity index (χ1n) is 2.00. The van der Waals surface area contributed by atoms with Gasteiger partial charge >= 0.3 is 89.3 Å². The van der Waals surface area contributed by atoms with Crippen molar-refractivity contribution < 1.29 is 34.3 Å². The van der Waals surface area contributed by atoms with Gasteiger partial charge in [-0.05, 0) is 0 Å². The second kappa shape index (κ2) is 6.82. The molecular weight excluding hydrogens is 245 g/mol. The largest absolute Gasteiger partial charge is 1.00 e. The van der Waals surface area contributed by atoms with E-state index in [0.29, 0.717) is 0 Å². The molecule has 0 aromatic rings. The van der Waals surface area contributed by atoms with Crippen molar-refractivity contribution in [2.45, 2.75) is 20.0 Å². The SMILES string of the molecule is CC(C)OC(=[Se])[Se-].[Na+]. The van der Waals surface area contributed by atoms with E-state index in [1.54, 1.807) is 0 Å². The maximum absolute atomic E-state index is 5.06. The van der Waals surface area contributed by atoms with E-state index in [4.69, 9.17) is 4.74 Å². The second-order valence-corrected chi connectivity index (χ2v) is 4.28. The summed E-state index contributed by atoms with van der Waals surface area (Å²) in [4.78, 5) is 0. The molecule has 0 rings (SSSR count). The summed E-state index contributed by atoms with van der Waals surface area (Å²) in [5.74, 6) is 0. The number of hydrogen-bond acceptors (Lipinski definition) is 1. The molecule has 0 aliphatic heterocycles. The topological polar surface area (TPSA) is 9.23 Å². The van der Waals surface area contributed by atoms with Crippen molar-refractivity contribution in [3.63, 3.8) is 0 Å². The Morgan fingerprint density at radius 3 is 2.00 bits per heavy atom. The maximum atomic E-state index is 5.06. The van der Waals surface area contributed by atoms with E-state index in [1.807, 2.05) is 13.8 Å². The Balaban J connectivity index is 0. The molecule has 0 unspecified atom stereocenters. The fourth-order valence-electron chi connectivity index (χ4n) is 0.192. The zero-order valence-corrected chi connectivity index (χ0v) is 10.7. The molecule has 0 heterocycles. The van der Waals surface area contributed by atoms with Gasteiger partial charge < -0.3 is 0 Å². The van der Waals surface area contributed by atoms with Gasteiger partial charge in [0.05, 0.1) is 0 Å². The molecule has 0 saturated carbocycles. The number of rotatable bonds is 2. The third-order valence-corrected chi connectivity index (χ3v) is 0.736. The molecule has 0 spiro atoms. The first-order chi connectivity index (χ1) is 3.13. The summed E-state index contributed by atoms with van der Waals surface area (Å²) >= 11 is 5.42. The van der Waals surface area contributed by atoms with Crippen LogP contribution in [0.15, 0.2) is 0 Å². The van der Waals surface area contributed by atoms with Gasteiger partial charge in [0, 0.05) is 0 Å². The van der Waals surface area contributed by atoms with Crippen LogP contribution < -0.4 is 29.6 Å². The zero-order chi connectivity index (χ0) is 5.86. The van der Waals surface area contributed by atoms with Gasteiger partial charge in [0.2, 0.25) is 0 Å². The van der Waals surface area contributed by atoms with Gasteiger partial charge in [-0.3, -0.25) is 0 Å². The van der Waals surface area contributed by atoms with Crippen molar-refractivity contribution in [1.29, 1.82) is 0 Å². The van der Waals surface area contributed by atoms with Crippen LogP contribution in [0.3, 0.4) is 0 Å². The van der Waals surface area contributed by atoms with Gasteiger partial charge in [0.25, 0.3) is 0 Å². The summed E-state index contributed by atoms with van der Waals surface area (Å²) in [5.41, 5.74) is 0. The van der Waals surface area contributed by atoms with E-state index < -0.39 is 0 Å². The molecule has 0 saturated heterocycles. The molecule has 0 bridgehead atoms. The minimum absolute atomic E-state index is 0. The average Bonchev–Trinajstić information content (AvgIpc) is 1.27. The smallest absolute Gasteiger partial charge is 1.00 e. The van der Waals surface area contributed by atoms with Crippen molar-refractivity contribution >= 4 is 35.1 Å². The van der Waals surface area contributed by atoms with Crippen LogP contribution in [0, 0.1) is 0 Å². The third-order valence-electron chi connectivity index (χ3n) is 0.332. The van der Waals surface area contributed by atoms with Gasteiger partial charge in [-0.15, -0.1) is 0 Å². The van der Waals surface area contributed by atoms with Gasteiger partial charge in [0.1, 0.15) is 0 Å². The molecule has 0 amide bonds. The van der Waals surface area contributed by atoms with Crippen LogP contribution in [0.2, 0.25) is 0 Å². The molecule has 0 fully saturated rings. The molecule has 8 heavy (non-hydrogen) atoms. The van der Waals surface area contributed by atoms with Gasteiger partial charge in [-0.25, -0.2) is 0 Å². The second-order valence-electron chi connectivity index (χ2n) is 1.42. The van der Waals surface area contributed by atoms with Crippen LogP contribution in [-0.4, -0.2) is 41.2 Å². The predicted octanol–water partition coefficient (Wildman–Crippen LogP) is -3.16. The monoisotopic (exact) mass is 254 g/mol. The Hall–Kier alpha value is 1.71. The average molecular weight is 252 g/mol. The van der Waals surface area contributed by atoms with Crippen LogP contribution in [0.1, 0.15) is 13.8 Å². The molecular formula is C4H7NaOSe2. The molecule has 42 valence electrons. The van der Waals surface area contributed by atoms with Crippen LogP contribution >= 0.6 is 0 Å². The quantitative estimate of drug-likeness (QED) is 0.471. The summed E-state index contributed by atoms with van der Waals surface area (Å²) in [6.07, 6.45) is 0.275. The maximum Gasteiger partial charge on any atom is 1.00 e. The van der Waals surface area contributed by atoms with Crippen molar-refractivity contribution in [1.82, 2.24) is 0 Å². The summed E-state index contributed by atoms with van der Waals surface area (Å²) in [6.45, 7) is 3.96. The summed E-state index contributed by atoms with van der Waals surface area (Å²) in [5, 5.41) is 0. The van der Waals surface area contributed by atoms with E-state index >= 15 is 0 Å². The molecule has 0 atom stereocenters. The predicted molar refractivity (Wildman–Crippen MR) is 32.7 cm³/mol. The van der Waals surface area contributed by atoms with Crippen LogP contribution in [0.5, 0.6) is 0 Å². The van der Waals surface area contributed by atoms with Crippen molar-refractivity contribution in [3.8, 4) is 0 Å². The van der Waals surface area contributed by atoms with E-state index in [-0.39, 0.29) is 35.7 Å². The Bertz CT molecular complexity index is 74.4. The summed E-state index contributed by atoms with van der Waals surface area (Å²) in [7, 11) is 0. The zero-order valence-electron chi connectivity index (χ0n) is 5.30. The first kappa shape index (κ1) is 12.4. The Kier molecular flexibility index (Phi) is 10.6. The van der Waals surface area contributed by atoms with Gasteiger partial charge in [-0.1, -0.05) is 0 Å². The normalized spacial score (nSPS) is 7.88. The number of ether oxygens (including phenoxy) is 1. The van der Waals surface area contributed by atoms with E-state index in [1.165, 1.54) is 0 Å². The van der Waals surface area contributed by atoms with E-state index in [9.17, 15) is 0 Å². The first-order valence-corrected chi connectivity index (χ1v) is 3.72. The fourth-order valence-corrected chi connectivity index (χ4v) is 1.00. The summed E-state index contributed by atoms with van der Waals surface area (Å²) < 4.78 is 5.84. The van der Waals surface area contributed by atoms with Crippen molar-refractivity contribution in [2.24, 2.45) is 0 Å². The van der Waals surface area contributed by atoms with Gasteiger partial charge in [0.15, 0.2) is 0 Å². The molecule has 0 aromatic heterocycles.